The maximum absolute atomic E-state index is 13.9. The predicted octanol–water partition coefficient (Wildman–Crippen LogP) is 3.33. The molecule has 4 atom stereocenters. The first-order chi connectivity index (χ1) is 15.0. The average Bonchev–Trinajstić information content (AvgIpc) is 3.47. The van der Waals surface area contributed by atoms with Gasteiger partial charge < -0.3 is 5.32 Å². The van der Waals surface area contributed by atoms with Crippen molar-refractivity contribution < 1.29 is 14.4 Å². The lowest BCUT2D eigenvalue weighted by atomic mass is 9.75. The molecule has 4 aliphatic rings. The van der Waals surface area contributed by atoms with Crippen molar-refractivity contribution in [1.29, 1.82) is 0 Å². The Morgan fingerprint density at radius 2 is 1.87 bits per heavy atom. The molecule has 158 valence electrons. The number of fused-ring (bicyclic) bond motifs is 7. The molecule has 3 saturated heterocycles. The van der Waals surface area contributed by atoms with E-state index in [0.717, 1.165) is 36.1 Å². The third-order valence-corrected chi connectivity index (χ3v) is 7.80. The van der Waals surface area contributed by atoms with E-state index in [0.29, 0.717) is 17.3 Å². The van der Waals surface area contributed by atoms with Crippen molar-refractivity contribution in [2.24, 2.45) is 11.8 Å². The highest BCUT2D eigenvalue weighted by atomic mass is 35.5. The molecule has 0 bridgehead atoms. The van der Waals surface area contributed by atoms with E-state index >= 15 is 0 Å². The number of hydrogen-bond acceptors (Lipinski definition) is 4. The van der Waals surface area contributed by atoms with Crippen LogP contribution in [0.2, 0.25) is 5.02 Å². The van der Waals surface area contributed by atoms with Crippen LogP contribution in [0.25, 0.3) is 0 Å². The molecule has 4 aliphatic heterocycles. The third-order valence-electron chi connectivity index (χ3n) is 7.55. The van der Waals surface area contributed by atoms with Gasteiger partial charge in [-0.15, -0.1) is 0 Å². The van der Waals surface area contributed by atoms with Crippen molar-refractivity contribution in [2.75, 3.05) is 16.8 Å². The number of carbonyl (C=O) groups excluding carboxylic acids is 3. The smallest absolute Gasteiger partial charge is 0.250 e. The fourth-order valence-electron chi connectivity index (χ4n) is 6.31. The summed E-state index contributed by atoms with van der Waals surface area (Å²) in [5.41, 5.74) is 2.09. The molecule has 0 aliphatic carbocycles. The lowest BCUT2D eigenvalue weighted by molar-refractivity contribution is -0.135. The van der Waals surface area contributed by atoms with E-state index < -0.39 is 17.4 Å². The first-order valence-corrected chi connectivity index (χ1v) is 11.2. The van der Waals surface area contributed by atoms with Crippen LogP contribution in [0, 0.1) is 11.8 Å². The largest absolute Gasteiger partial charge is 0.324 e. The quantitative estimate of drug-likeness (QED) is 0.734. The molecule has 0 radical (unpaired) electrons. The summed E-state index contributed by atoms with van der Waals surface area (Å²) in [4.78, 5) is 44.5. The molecule has 0 aromatic heterocycles. The van der Waals surface area contributed by atoms with E-state index in [1.807, 2.05) is 18.2 Å². The minimum Gasteiger partial charge on any atom is -0.324 e. The summed E-state index contributed by atoms with van der Waals surface area (Å²) in [6, 6.07) is 12.6. The SMILES string of the molecule is CCc1ccc2c(c1)[C@]1(C(=O)N2)[C@@H]2C(=O)N(c3ccc(Cl)cc3)C(=O)[C@@H]2[C@@H]2CCCN21. The minimum atomic E-state index is -1.12. The van der Waals surface area contributed by atoms with Crippen LogP contribution in [-0.2, 0) is 26.3 Å². The standard InChI is InChI=1S/C24H22ClN3O3/c1-2-13-5-10-17-16(12-13)24(23(31)26-17)20-19(18-4-3-11-27(18)24)21(29)28(22(20)30)15-8-6-14(25)7-9-15/h5-10,12,18-20H,2-4,11H2,1H3,(H,26,31)/t18-,19+,20-,24+/m0/s1. The topological polar surface area (TPSA) is 69.7 Å². The average molecular weight is 436 g/mol. The Balaban J connectivity index is 1.55. The number of rotatable bonds is 2. The first-order valence-electron chi connectivity index (χ1n) is 10.8. The van der Waals surface area contributed by atoms with E-state index in [1.165, 1.54) is 4.90 Å². The highest BCUT2D eigenvalue weighted by Gasteiger charge is 2.74. The molecule has 2 aromatic rings. The number of hydrogen-bond donors (Lipinski definition) is 1. The van der Waals surface area contributed by atoms with Crippen LogP contribution in [-0.4, -0.2) is 35.2 Å². The summed E-state index contributed by atoms with van der Waals surface area (Å²) in [5.74, 6) is -1.94. The Bertz CT molecular complexity index is 1150. The number of amides is 3. The Morgan fingerprint density at radius 3 is 2.61 bits per heavy atom. The second kappa shape index (κ2) is 6.40. The fraction of sp³-hybridized carbons (Fsp3) is 0.375. The van der Waals surface area contributed by atoms with E-state index in [2.05, 4.69) is 17.1 Å². The Labute approximate surface area is 185 Å². The van der Waals surface area contributed by atoms with Crippen molar-refractivity contribution in [3.05, 3.63) is 58.6 Å². The highest BCUT2D eigenvalue weighted by Crippen LogP contribution is 2.60. The Kier molecular flexibility index (Phi) is 3.93. The van der Waals surface area contributed by atoms with Gasteiger partial charge in [0.1, 0.15) is 5.54 Å². The van der Waals surface area contributed by atoms with E-state index in [1.54, 1.807) is 24.3 Å². The molecule has 6 nitrogen and oxygen atoms in total. The maximum atomic E-state index is 13.9. The van der Waals surface area contributed by atoms with Crippen LogP contribution in [0.4, 0.5) is 11.4 Å². The first kappa shape index (κ1) is 19.0. The van der Waals surface area contributed by atoms with Crippen molar-refractivity contribution >= 4 is 40.7 Å². The van der Waals surface area contributed by atoms with Gasteiger partial charge in [0.05, 0.1) is 17.5 Å². The lowest BCUT2D eigenvalue weighted by Gasteiger charge is -2.36. The van der Waals surface area contributed by atoms with Gasteiger partial charge in [-0.1, -0.05) is 30.7 Å². The van der Waals surface area contributed by atoms with Crippen molar-refractivity contribution in [2.45, 2.75) is 37.8 Å². The van der Waals surface area contributed by atoms with Crippen LogP contribution in [0.3, 0.4) is 0 Å². The van der Waals surface area contributed by atoms with Crippen molar-refractivity contribution in [3.63, 3.8) is 0 Å². The fourth-order valence-corrected chi connectivity index (χ4v) is 6.44. The van der Waals surface area contributed by atoms with Gasteiger partial charge in [0.15, 0.2) is 0 Å². The van der Waals surface area contributed by atoms with Gasteiger partial charge in [0.25, 0.3) is 0 Å². The molecular formula is C24H22ClN3O3. The summed E-state index contributed by atoms with van der Waals surface area (Å²) >= 11 is 6.01. The Morgan fingerprint density at radius 1 is 1.10 bits per heavy atom. The van der Waals surface area contributed by atoms with E-state index in [-0.39, 0.29) is 23.8 Å². The second-order valence-electron chi connectivity index (χ2n) is 8.85. The Hall–Kier alpha value is -2.70. The number of carbonyl (C=O) groups is 3. The summed E-state index contributed by atoms with van der Waals surface area (Å²) in [6.45, 7) is 2.78. The number of anilines is 2. The number of nitrogens with zero attached hydrogens (tertiary/aromatic N) is 2. The van der Waals surface area contributed by atoms with Gasteiger partial charge >= 0.3 is 0 Å². The number of nitrogens with one attached hydrogen (secondary N) is 1. The molecule has 1 spiro atoms. The zero-order chi connectivity index (χ0) is 21.5. The van der Waals surface area contributed by atoms with Crippen LogP contribution in [0.5, 0.6) is 0 Å². The summed E-state index contributed by atoms with van der Waals surface area (Å²) in [7, 11) is 0. The van der Waals surface area contributed by atoms with Gasteiger partial charge in [0.2, 0.25) is 17.7 Å². The minimum absolute atomic E-state index is 0.110. The molecule has 0 saturated carbocycles. The molecule has 31 heavy (non-hydrogen) atoms. The molecule has 4 heterocycles. The molecule has 7 heteroatoms. The molecular weight excluding hydrogens is 414 g/mol. The monoisotopic (exact) mass is 435 g/mol. The van der Waals surface area contributed by atoms with Crippen LogP contribution in [0.15, 0.2) is 42.5 Å². The van der Waals surface area contributed by atoms with Gasteiger partial charge in [-0.3, -0.25) is 19.3 Å². The number of halogens is 1. The van der Waals surface area contributed by atoms with Gasteiger partial charge in [-0.05, 0) is 61.7 Å². The molecule has 2 aromatic carbocycles. The zero-order valence-electron chi connectivity index (χ0n) is 17.1. The van der Waals surface area contributed by atoms with Gasteiger partial charge in [-0.25, -0.2) is 4.90 Å². The summed E-state index contributed by atoms with van der Waals surface area (Å²) in [6.07, 6.45) is 2.56. The zero-order valence-corrected chi connectivity index (χ0v) is 17.9. The number of aryl methyl sites for hydroxylation is 1. The summed E-state index contributed by atoms with van der Waals surface area (Å²) < 4.78 is 0. The van der Waals surface area contributed by atoms with E-state index in [4.69, 9.17) is 11.6 Å². The molecule has 6 rings (SSSR count). The normalized spacial score (nSPS) is 31.4. The van der Waals surface area contributed by atoms with Gasteiger partial charge in [0, 0.05) is 22.3 Å². The number of benzene rings is 2. The maximum Gasteiger partial charge on any atom is 0.250 e. The van der Waals surface area contributed by atoms with Crippen LogP contribution in [0.1, 0.15) is 30.9 Å². The molecule has 3 fully saturated rings. The van der Waals surface area contributed by atoms with Gasteiger partial charge in [-0.2, -0.15) is 0 Å². The van der Waals surface area contributed by atoms with Crippen LogP contribution >= 0.6 is 11.6 Å². The summed E-state index contributed by atoms with van der Waals surface area (Å²) in [5, 5.41) is 3.56. The third kappa shape index (κ3) is 2.24. The highest BCUT2D eigenvalue weighted by molar-refractivity contribution is 6.31. The molecule has 1 N–H and O–H groups in total. The lowest BCUT2D eigenvalue weighted by Crippen LogP contribution is -2.54. The number of imide groups is 1. The van der Waals surface area contributed by atoms with Crippen molar-refractivity contribution in [1.82, 2.24) is 4.90 Å². The van der Waals surface area contributed by atoms with E-state index in [9.17, 15) is 14.4 Å². The molecule has 0 unspecified atom stereocenters. The van der Waals surface area contributed by atoms with Crippen LogP contribution < -0.4 is 10.2 Å². The van der Waals surface area contributed by atoms with Crippen molar-refractivity contribution in [3.8, 4) is 0 Å². The predicted molar refractivity (Wildman–Crippen MR) is 117 cm³/mol. The molecule has 3 amide bonds. The second-order valence-corrected chi connectivity index (χ2v) is 9.29.